The lowest BCUT2D eigenvalue weighted by Crippen LogP contribution is -2.46. The molecule has 31 heavy (non-hydrogen) atoms. The lowest BCUT2D eigenvalue weighted by Gasteiger charge is -2.34. The summed E-state index contributed by atoms with van der Waals surface area (Å²) in [5, 5.41) is 13.5. The first-order chi connectivity index (χ1) is 14.7. The topological polar surface area (TPSA) is 105 Å². The minimum atomic E-state index is -0.609. The summed E-state index contributed by atoms with van der Waals surface area (Å²) < 4.78 is 5.73. The van der Waals surface area contributed by atoms with Crippen LogP contribution in [0, 0.1) is 10.1 Å². The van der Waals surface area contributed by atoms with Gasteiger partial charge in [-0.2, -0.15) is 0 Å². The van der Waals surface area contributed by atoms with Crippen LogP contribution in [-0.4, -0.2) is 54.9 Å². The van der Waals surface area contributed by atoms with Crippen molar-refractivity contribution in [3.8, 4) is 5.75 Å². The average Bonchev–Trinajstić information content (AvgIpc) is 2.73. The third-order valence-electron chi connectivity index (χ3n) is 4.74. The van der Waals surface area contributed by atoms with Gasteiger partial charge in [0.25, 0.3) is 11.6 Å². The molecule has 2 aromatic rings. The van der Waals surface area contributed by atoms with Gasteiger partial charge in [-0.15, -0.1) is 0 Å². The van der Waals surface area contributed by atoms with Gasteiger partial charge in [-0.3, -0.25) is 19.7 Å². The molecule has 0 bridgehead atoms. The van der Waals surface area contributed by atoms with Gasteiger partial charge >= 0.3 is 0 Å². The van der Waals surface area contributed by atoms with Crippen molar-refractivity contribution in [3.05, 3.63) is 64.2 Å². The fourth-order valence-corrected chi connectivity index (χ4v) is 3.08. The molecule has 1 N–H and O–H groups in total. The van der Waals surface area contributed by atoms with E-state index in [1.807, 2.05) is 19.0 Å². The molecule has 1 unspecified atom stereocenters. The molecule has 9 nitrogen and oxygen atoms in total. The average molecular weight is 424 g/mol. The predicted octanol–water partition coefficient (Wildman–Crippen LogP) is 2.92. The van der Waals surface area contributed by atoms with E-state index in [2.05, 4.69) is 5.32 Å². The second-order valence-corrected chi connectivity index (χ2v) is 7.41. The number of fused-ring (bicyclic) bond motifs is 1. The van der Waals surface area contributed by atoms with Gasteiger partial charge in [0.05, 0.1) is 10.6 Å². The summed E-state index contributed by atoms with van der Waals surface area (Å²) in [7, 11) is 3.89. The molecular weight excluding hydrogens is 400 g/mol. The van der Waals surface area contributed by atoms with Crippen LogP contribution in [0.1, 0.15) is 12.5 Å². The Hall–Kier alpha value is -3.72. The lowest BCUT2D eigenvalue weighted by molar-refractivity contribution is -0.384. The Bertz CT molecular complexity index is 1020. The molecule has 3 rings (SSSR count). The normalized spacial score (nSPS) is 15.7. The zero-order chi connectivity index (χ0) is 22.5. The second kappa shape index (κ2) is 9.40. The van der Waals surface area contributed by atoms with Crippen LogP contribution in [0.25, 0.3) is 6.08 Å². The van der Waals surface area contributed by atoms with E-state index in [9.17, 15) is 19.7 Å². The first-order valence-electron chi connectivity index (χ1n) is 9.75. The van der Waals surface area contributed by atoms with Gasteiger partial charge in [0.2, 0.25) is 5.91 Å². The molecule has 0 saturated heterocycles. The third kappa shape index (κ3) is 5.46. The Morgan fingerprint density at radius 1 is 1.26 bits per heavy atom. The third-order valence-corrected chi connectivity index (χ3v) is 4.74. The second-order valence-electron chi connectivity index (χ2n) is 7.41. The van der Waals surface area contributed by atoms with E-state index in [-0.39, 0.29) is 17.5 Å². The summed E-state index contributed by atoms with van der Waals surface area (Å²) in [5.74, 6) is 0.0721. The number of nitro benzene ring substituents is 1. The Morgan fingerprint density at radius 2 is 1.97 bits per heavy atom. The Kier molecular flexibility index (Phi) is 6.66. The number of hydrogen-bond acceptors (Lipinski definition) is 6. The summed E-state index contributed by atoms with van der Waals surface area (Å²) in [5.41, 5.74) is 1.86. The first-order valence-corrected chi connectivity index (χ1v) is 9.75. The van der Waals surface area contributed by atoms with E-state index in [0.717, 1.165) is 0 Å². The van der Waals surface area contributed by atoms with Gasteiger partial charge in [-0.25, -0.2) is 0 Å². The van der Waals surface area contributed by atoms with Crippen molar-refractivity contribution >= 4 is 35.0 Å². The number of benzene rings is 2. The molecule has 0 radical (unpaired) electrons. The number of non-ortho nitro benzene ring substituents is 1. The van der Waals surface area contributed by atoms with E-state index < -0.39 is 11.0 Å². The highest BCUT2D eigenvalue weighted by atomic mass is 16.6. The highest BCUT2D eigenvalue weighted by Crippen LogP contribution is 2.36. The monoisotopic (exact) mass is 424 g/mol. The van der Waals surface area contributed by atoms with E-state index in [4.69, 9.17) is 4.74 Å². The van der Waals surface area contributed by atoms with E-state index >= 15 is 0 Å². The van der Waals surface area contributed by atoms with Gasteiger partial charge in [0.15, 0.2) is 6.10 Å². The maximum atomic E-state index is 12.5. The molecule has 0 fully saturated rings. The van der Waals surface area contributed by atoms with Crippen molar-refractivity contribution < 1.29 is 19.2 Å². The van der Waals surface area contributed by atoms with Crippen LogP contribution < -0.4 is 15.0 Å². The van der Waals surface area contributed by atoms with Crippen LogP contribution in [-0.2, 0) is 9.59 Å². The molecule has 2 aromatic carbocycles. The quantitative estimate of drug-likeness (QED) is 0.416. The largest absolute Gasteiger partial charge is 0.479 e. The molecule has 0 aromatic heterocycles. The SMILES string of the molecule is CC1Oc2cc(NC(=O)/C=C/c3ccc([N+](=O)[O-])cc3)ccc2N(CCN(C)C)C1=O. The maximum Gasteiger partial charge on any atom is 0.269 e. The molecule has 2 amide bonds. The molecular formula is C22H24N4O5. The number of nitrogens with one attached hydrogen (secondary N) is 1. The molecule has 0 aliphatic carbocycles. The van der Waals surface area contributed by atoms with E-state index in [1.165, 1.54) is 18.2 Å². The number of amides is 2. The minimum Gasteiger partial charge on any atom is -0.479 e. The van der Waals surface area contributed by atoms with Crippen molar-refractivity contribution in [1.29, 1.82) is 0 Å². The van der Waals surface area contributed by atoms with Crippen molar-refractivity contribution in [2.24, 2.45) is 0 Å². The standard InChI is InChI=1S/C22H24N4O5/c1-15-22(28)25(13-12-24(2)3)19-10-7-17(14-20(19)31-15)23-21(27)11-6-16-4-8-18(9-5-16)26(29)30/h4-11,14-15H,12-13H2,1-3H3,(H,23,27)/b11-6+. The van der Waals surface area contributed by atoms with Crippen molar-refractivity contribution in [2.45, 2.75) is 13.0 Å². The minimum absolute atomic E-state index is 0.0111. The summed E-state index contributed by atoms with van der Waals surface area (Å²) in [6.45, 7) is 2.95. The van der Waals surface area contributed by atoms with Crippen LogP contribution in [0.5, 0.6) is 5.75 Å². The molecule has 1 atom stereocenters. The number of hydrogen-bond donors (Lipinski definition) is 1. The number of nitrogens with zero attached hydrogens (tertiary/aromatic N) is 3. The zero-order valence-corrected chi connectivity index (χ0v) is 17.6. The predicted molar refractivity (Wildman–Crippen MR) is 118 cm³/mol. The molecule has 162 valence electrons. The van der Waals surface area contributed by atoms with Crippen molar-refractivity contribution in [2.75, 3.05) is 37.4 Å². The van der Waals surface area contributed by atoms with Gasteiger partial charge < -0.3 is 19.9 Å². The van der Waals surface area contributed by atoms with Gasteiger partial charge in [-0.1, -0.05) is 0 Å². The number of carbonyl (C=O) groups excluding carboxylic acids is 2. The number of ether oxygens (including phenoxy) is 1. The highest BCUT2D eigenvalue weighted by molar-refractivity contribution is 6.03. The van der Waals surface area contributed by atoms with Crippen LogP contribution in [0.3, 0.4) is 0 Å². The van der Waals surface area contributed by atoms with E-state index in [0.29, 0.717) is 35.8 Å². The fourth-order valence-electron chi connectivity index (χ4n) is 3.08. The van der Waals surface area contributed by atoms with Gasteiger partial charge in [0, 0.05) is 43.1 Å². The summed E-state index contributed by atoms with van der Waals surface area (Å²) in [6.07, 6.45) is 2.30. The fraction of sp³-hybridized carbons (Fsp3) is 0.273. The van der Waals surface area contributed by atoms with Crippen LogP contribution in [0.15, 0.2) is 48.5 Å². The Labute approximate surface area is 180 Å². The molecule has 0 saturated carbocycles. The number of likely N-dealkylation sites (N-methyl/N-ethyl adjacent to an activating group) is 1. The Morgan fingerprint density at radius 3 is 2.61 bits per heavy atom. The van der Waals surface area contributed by atoms with E-state index in [1.54, 1.807) is 48.2 Å². The molecule has 9 heteroatoms. The number of anilines is 2. The maximum absolute atomic E-state index is 12.5. The molecule has 1 heterocycles. The Balaban J connectivity index is 1.70. The summed E-state index contributed by atoms with van der Waals surface area (Å²) >= 11 is 0. The number of rotatable bonds is 7. The number of nitro groups is 1. The molecule has 1 aliphatic rings. The highest BCUT2D eigenvalue weighted by Gasteiger charge is 2.31. The summed E-state index contributed by atoms with van der Waals surface area (Å²) in [6, 6.07) is 11.0. The van der Waals surface area contributed by atoms with Crippen molar-refractivity contribution in [3.63, 3.8) is 0 Å². The van der Waals surface area contributed by atoms with Gasteiger partial charge in [-0.05, 0) is 56.9 Å². The van der Waals surface area contributed by atoms with Crippen LogP contribution >= 0.6 is 0 Å². The lowest BCUT2D eigenvalue weighted by atomic mass is 10.1. The number of carbonyl (C=O) groups is 2. The van der Waals surface area contributed by atoms with Crippen LogP contribution in [0.4, 0.5) is 17.1 Å². The van der Waals surface area contributed by atoms with Crippen molar-refractivity contribution in [1.82, 2.24) is 4.90 Å². The zero-order valence-electron chi connectivity index (χ0n) is 17.6. The molecule has 1 aliphatic heterocycles. The summed E-state index contributed by atoms with van der Waals surface area (Å²) in [4.78, 5) is 38.7. The first kappa shape index (κ1) is 22.0. The van der Waals surface area contributed by atoms with Gasteiger partial charge in [0.1, 0.15) is 5.75 Å². The molecule has 0 spiro atoms. The van der Waals surface area contributed by atoms with Crippen LogP contribution in [0.2, 0.25) is 0 Å². The smallest absolute Gasteiger partial charge is 0.269 e.